The van der Waals surface area contributed by atoms with Gasteiger partial charge in [-0.1, -0.05) is 23.7 Å². The standard InChI is InChI=1S/C28H28ClFN6O3/c1-15-9-21(26(32-3)33-14-31)20-5-4-6-24(25(20)34-15)39-13-22-17(10-18(30)11-23(22)29)12-35-16(2)27(37)36(28(35)38)19-7-8-19/h4-6,9-11,14,16,19H,7-8,12-13H2,1-3H3,(H2,31,32,33). The number of nitrogens with one attached hydrogen (secondary N) is 2. The summed E-state index contributed by atoms with van der Waals surface area (Å²) in [7, 11) is 1.73. The highest BCUT2D eigenvalue weighted by Gasteiger charge is 2.49. The van der Waals surface area contributed by atoms with Gasteiger partial charge >= 0.3 is 6.03 Å². The van der Waals surface area contributed by atoms with E-state index < -0.39 is 11.9 Å². The van der Waals surface area contributed by atoms with Crippen molar-refractivity contribution in [2.24, 2.45) is 4.99 Å². The number of hydrogen-bond donors (Lipinski definition) is 2. The Morgan fingerprint density at radius 3 is 2.77 bits per heavy atom. The molecule has 39 heavy (non-hydrogen) atoms. The number of urea groups is 1. The summed E-state index contributed by atoms with van der Waals surface area (Å²) in [6.45, 7) is 3.55. The van der Waals surface area contributed by atoms with Crippen LogP contribution in [0.5, 0.6) is 5.75 Å². The number of pyridine rings is 1. The zero-order valence-corrected chi connectivity index (χ0v) is 22.6. The van der Waals surface area contributed by atoms with E-state index in [1.807, 2.05) is 25.1 Å². The fraction of sp³-hybridized carbons (Fsp3) is 0.321. The molecule has 1 atom stereocenters. The minimum absolute atomic E-state index is 0.0112. The summed E-state index contributed by atoms with van der Waals surface area (Å²) in [4.78, 5) is 37.3. The summed E-state index contributed by atoms with van der Waals surface area (Å²) >= 11 is 6.48. The number of carbonyl (C=O) groups is 2. The number of rotatable bonds is 8. The highest BCUT2D eigenvalue weighted by atomic mass is 35.5. The number of halogens is 2. The molecule has 3 aromatic rings. The van der Waals surface area contributed by atoms with E-state index in [1.165, 1.54) is 21.9 Å². The lowest BCUT2D eigenvalue weighted by molar-refractivity contribution is -0.128. The van der Waals surface area contributed by atoms with Crippen LogP contribution in [0, 0.1) is 18.2 Å². The first-order valence-corrected chi connectivity index (χ1v) is 13.0. The van der Waals surface area contributed by atoms with Gasteiger partial charge in [-0.05, 0) is 56.5 Å². The van der Waals surface area contributed by atoms with Gasteiger partial charge in [0.1, 0.15) is 41.9 Å². The number of benzene rings is 2. The first kappa shape index (κ1) is 26.6. The van der Waals surface area contributed by atoms with Gasteiger partial charge < -0.3 is 15.0 Å². The number of para-hydroxylation sites is 1. The zero-order chi connectivity index (χ0) is 27.8. The number of amidine groups is 1. The second kappa shape index (κ2) is 10.6. The van der Waals surface area contributed by atoms with Gasteiger partial charge in [-0.3, -0.25) is 15.1 Å². The van der Waals surface area contributed by atoms with Gasteiger partial charge in [0.25, 0.3) is 5.91 Å². The van der Waals surface area contributed by atoms with Gasteiger partial charge in [-0.15, -0.1) is 0 Å². The number of aryl methyl sites for hydroxylation is 1. The van der Waals surface area contributed by atoms with Crippen molar-refractivity contribution in [1.29, 1.82) is 5.41 Å². The van der Waals surface area contributed by atoms with Crippen molar-refractivity contribution in [1.82, 2.24) is 20.1 Å². The molecule has 3 amide bonds. The van der Waals surface area contributed by atoms with Crippen molar-refractivity contribution in [3.05, 3.63) is 69.6 Å². The summed E-state index contributed by atoms with van der Waals surface area (Å²) in [6, 6.07) is 8.84. The molecule has 1 unspecified atom stereocenters. The smallest absolute Gasteiger partial charge is 0.328 e. The number of aromatic nitrogens is 1. The molecule has 0 bridgehead atoms. The summed E-state index contributed by atoms with van der Waals surface area (Å²) in [5.41, 5.74) is 3.07. The maximum Gasteiger partial charge on any atom is 0.328 e. The van der Waals surface area contributed by atoms with Gasteiger partial charge in [0.15, 0.2) is 0 Å². The molecule has 1 aliphatic heterocycles. The van der Waals surface area contributed by atoms with Crippen LogP contribution in [0.25, 0.3) is 10.9 Å². The van der Waals surface area contributed by atoms with Crippen LogP contribution in [-0.4, -0.2) is 58.0 Å². The van der Waals surface area contributed by atoms with Crippen LogP contribution in [0.3, 0.4) is 0 Å². The number of hydrogen-bond acceptors (Lipinski definition) is 5. The molecular weight excluding hydrogens is 523 g/mol. The molecule has 2 fully saturated rings. The number of fused-ring (bicyclic) bond motifs is 1. The SMILES string of the molecule is CN/C(=N\C=N)c1cc(C)nc2c(OCc3c(Cl)cc(F)cc3CN3C(=O)N(C4CC4)C(=O)C3C)cccc12. The Balaban J connectivity index is 1.47. The molecule has 0 spiro atoms. The van der Waals surface area contributed by atoms with Gasteiger partial charge in [-0.25, -0.2) is 19.2 Å². The minimum atomic E-state index is -0.651. The monoisotopic (exact) mass is 550 g/mol. The Labute approximate surface area is 230 Å². The lowest BCUT2D eigenvalue weighted by Crippen LogP contribution is -2.35. The molecule has 1 aliphatic carbocycles. The van der Waals surface area contributed by atoms with E-state index in [-0.39, 0.29) is 36.2 Å². The molecule has 5 rings (SSSR count). The Morgan fingerprint density at radius 1 is 1.31 bits per heavy atom. The first-order chi connectivity index (χ1) is 18.7. The van der Waals surface area contributed by atoms with Crippen LogP contribution in [0.15, 0.2) is 41.4 Å². The third kappa shape index (κ3) is 5.04. The van der Waals surface area contributed by atoms with Crippen LogP contribution in [0.4, 0.5) is 9.18 Å². The van der Waals surface area contributed by atoms with Crippen molar-refractivity contribution in [3.8, 4) is 5.75 Å². The average Bonchev–Trinajstić information content (AvgIpc) is 3.71. The molecule has 2 heterocycles. The Kier molecular flexibility index (Phi) is 7.22. The zero-order valence-electron chi connectivity index (χ0n) is 21.8. The predicted molar refractivity (Wildman–Crippen MR) is 147 cm³/mol. The predicted octanol–water partition coefficient (Wildman–Crippen LogP) is 4.80. The number of ether oxygens (including phenoxy) is 1. The average molecular weight is 551 g/mol. The summed E-state index contributed by atoms with van der Waals surface area (Å²) in [5.74, 6) is 0.222. The van der Waals surface area contributed by atoms with Crippen molar-refractivity contribution in [2.75, 3.05) is 7.05 Å². The van der Waals surface area contributed by atoms with Crippen LogP contribution in [0.1, 0.15) is 42.1 Å². The minimum Gasteiger partial charge on any atom is -0.487 e. The van der Waals surface area contributed by atoms with Crippen LogP contribution in [-0.2, 0) is 17.9 Å². The first-order valence-electron chi connectivity index (χ1n) is 12.6. The van der Waals surface area contributed by atoms with E-state index in [1.54, 1.807) is 20.0 Å². The Bertz CT molecular complexity index is 1520. The molecule has 1 saturated carbocycles. The highest BCUT2D eigenvalue weighted by molar-refractivity contribution is 6.31. The third-order valence-corrected chi connectivity index (χ3v) is 7.34. The van der Waals surface area contributed by atoms with Gasteiger partial charge in [-0.2, -0.15) is 0 Å². The molecule has 11 heteroatoms. The summed E-state index contributed by atoms with van der Waals surface area (Å²) < 4.78 is 20.7. The molecule has 2 N–H and O–H groups in total. The lowest BCUT2D eigenvalue weighted by atomic mass is 10.1. The lowest BCUT2D eigenvalue weighted by Gasteiger charge is -2.22. The summed E-state index contributed by atoms with van der Waals surface area (Å²) in [6.07, 6.45) is 2.59. The molecule has 0 radical (unpaired) electrons. The molecule has 1 saturated heterocycles. The van der Waals surface area contributed by atoms with E-state index >= 15 is 0 Å². The van der Waals surface area contributed by atoms with Crippen LogP contribution < -0.4 is 10.1 Å². The number of aliphatic imine (C=N–C) groups is 1. The maximum atomic E-state index is 14.5. The fourth-order valence-corrected chi connectivity index (χ4v) is 5.18. The summed E-state index contributed by atoms with van der Waals surface area (Å²) in [5, 5.41) is 11.3. The number of nitrogens with zero attached hydrogens (tertiary/aromatic N) is 4. The maximum absolute atomic E-state index is 14.5. The van der Waals surface area contributed by atoms with E-state index in [9.17, 15) is 14.0 Å². The Hall–Kier alpha value is -4.05. The van der Waals surface area contributed by atoms with Crippen molar-refractivity contribution in [3.63, 3.8) is 0 Å². The Morgan fingerprint density at radius 2 is 2.08 bits per heavy atom. The second-order valence-corrected chi connectivity index (χ2v) is 10.1. The number of carbonyl (C=O) groups excluding carboxylic acids is 2. The molecule has 2 aliphatic rings. The van der Waals surface area contributed by atoms with Crippen LogP contribution >= 0.6 is 11.6 Å². The van der Waals surface area contributed by atoms with Crippen molar-refractivity contribution < 1.29 is 18.7 Å². The highest BCUT2D eigenvalue weighted by Crippen LogP contribution is 2.35. The normalized spacial score (nSPS) is 17.8. The molecule has 1 aromatic heterocycles. The van der Waals surface area contributed by atoms with E-state index in [4.69, 9.17) is 21.7 Å². The fourth-order valence-electron chi connectivity index (χ4n) is 4.90. The molecular formula is C28H28ClFN6O3. The van der Waals surface area contributed by atoms with Crippen LogP contribution in [0.2, 0.25) is 5.02 Å². The molecule has 202 valence electrons. The largest absolute Gasteiger partial charge is 0.487 e. The van der Waals surface area contributed by atoms with Gasteiger partial charge in [0.05, 0.1) is 5.02 Å². The van der Waals surface area contributed by atoms with E-state index in [2.05, 4.69) is 15.3 Å². The third-order valence-electron chi connectivity index (χ3n) is 7.01. The van der Waals surface area contributed by atoms with Gasteiger partial charge in [0.2, 0.25) is 0 Å². The van der Waals surface area contributed by atoms with E-state index in [0.29, 0.717) is 28.2 Å². The van der Waals surface area contributed by atoms with Crippen molar-refractivity contribution >= 4 is 46.6 Å². The second-order valence-electron chi connectivity index (χ2n) is 9.66. The van der Waals surface area contributed by atoms with Crippen molar-refractivity contribution in [2.45, 2.75) is 51.9 Å². The van der Waals surface area contributed by atoms with E-state index in [0.717, 1.165) is 35.8 Å². The number of amides is 3. The number of imide groups is 1. The van der Waals surface area contributed by atoms with Gasteiger partial charge in [0, 0.05) is 41.8 Å². The molecule has 2 aromatic carbocycles. The topological polar surface area (TPSA) is 111 Å². The quantitative estimate of drug-likeness (QED) is 0.238. The molecule has 9 nitrogen and oxygen atoms in total.